The van der Waals surface area contributed by atoms with Crippen LogP contribution in [0.4, 0.5) is 28.9 Å². The molecule has 0 bridgehead atoms. The van der Waals surface area contributed by atoms with E-state index in [1.165, 1.54) is 11.7 Å². The van der Waals surface area contributed by atoms with Gasteiger partial charge in [0.2, 0.25) is 0 Å². The fourth-order valence-electron chi connectivity index (χ4n) is 4.58. The van der Waals surface area contributed by atoms with Gasteiger partial charge in [0.1, 0.15) is 18.5 Å². The Morgan fingerprint density at radius 1 is 1.20 bits per heavy atom. The standard InChI is InChI=1S/C24H25F3N4O2.C6H12FN.2H2/c1-4-29-23(32)16-10-11-22(33-3)20(13-16)30-12-6-7-17-14-18-19(28-2)8-5-9-21(18)31(17)15-24(25,26)27;1-8-4-2-3-6(7)5-8;;/h5,8-11,13-14,28,30H,4,12,15H2,1-3H3,(H,29,32);6H,2-5H2,1H3;2*1H/t;6-;;/m.1../s1. The lowest BCUT2D eigenvalue weighted by Crippen LogP contribution is -2.32. The van der Waals surface area contributed by atoms with Crippen LogP contribution in [-0.2, 0) is 6.54 Å². The second-order valence-electron chi connectivity index (χ2n) is 9.65. The Morgan fingerprint density at radius 2 is 1.98 bits per heavy atom. The normalized spacial score (nSPS) is 15.3. The molecule has 1 amide bonds. The molecule has 0 radical (unpaired) electrons. The summed E-state index contributed by atoms with van der Waals surface area (Å²) in [4.78, 5) is 14.1. The molecule has 3 N–H and O–H groups in total. The summed E-state index contributed by atoms with van der Waals surface area (Å²) in [5.74, 6) is 6.03. The Balaban J connectivity index is 0.000000802. The van der Waals surface area contributed by atoms with Gasteiger partial charge in [0.05, 0.1) is 30.6 Å². The quantitative estimate of drug-likeness (QED) is 0.236. The largest absolute Gasteiger partial charge is 0.495 e. The minimum atomic E-state index is -4.39. The fourth-order valence-corrected chi connectivity index (χ4v) is 4.58. The van der Waals surface area contributed by atoms with Crippen molar-refractivity contribution in [3.8, 4) is 17.6 Å². The molecule has 1 saturated heterocycles. The van der Waals surface area contributed by atoms with Crippen LogP contribution in [0.2, 0.25) is 0 Å². The number of halogens is 4. The SMILES string of the molecule is CCNC(=O)c1ccc(OC)c(NCC#Cc2cc3c(NC)cccc3n2CC(F)(F)F)c1.CN1CCC[C@@H](F)C1.[HH].[HH]. The van der Waals surface area contributed by atoms with Crippen molar-refractivity contribution in [3.63, 3.8) is 0 Å². The number of carbonyl (C=O) groups is 1. The molecule has 4 rings (SSSR count). The van der Waals surface area contributed by atoms with E-state index in [-0.39, 0.29) is 21.0 Å². The number of carbonyl (C=O) groups excluding carboxylic acids is 1. The van der Waals surface area contributed by atoms with Crippen LogP contribution in [0.25, 0.3) is 10.9 Å². The van der Waals surface area contributed by atoms with Crippen molar-refractivity contribution in [3.05, 3.63) is 53.7 Å². The van der Waals surface area contributed by atoms with Crippen molar-refractivity contribution in [2.45, 2.75) is 38.7 Å². The maximum Gasteiger partial charge on any atom is 0.406 e. The summed E-state index contributed by atoms with van der Waals surface area (Å²) in [7, 11) is 5.19. The highest BCUT2D eigenvalue weighted by molar-refractivity contribution is 5.95. The van der Waals surface area contributed by atoms with Crippen LogP contribution < -0.4 is 20.7 Å². The Morgan fingerprint density at radius 3 is 2.59 bits per heavy atom. The van der Waals surface area contributed by atoms with Gasteiger partial charge < -0.3 is 30.2 Å². The zero-order valence-electron chi connectivity index (χ0n) is 23.8. The predicted molar refractivity (Wildman–Crippen MR) is 160 cm³/mol. The van der Waals surface area contributed by atoms with Crippen LogP contribution in [-0.4, -0.2) is 75.1 Å². The summed E-state index contributed by atoms with van der Waals surface area (Å²) in [6, 6.07) is 11.8. The van der Waals surface area contributed by atoms with Crippen molar-refractivity contribution in [2.24, 2.45) is 0 Å². The van der Waals surface area contributed by atoms with Gasteiger partial charge in [-0.15, -0.1) is 0 Å². The Hall–Kier alpha value is -3.91. The summed E-state index contributed by atoms with van der Waals surface area (Å²) in [5.41, 5.74) is 2.45. The smallest absolute Gasteiger partial charge is 0.406 e. The first-order valence-electron chi connectivity index (χ1n) is 13.4. The molecule has 3 aromatic rings. The van der Waals surface area contributed by atoms with Gasteiger partial charge in [-0.2, -0.15) is 13.2 Å². The van der Waals surface area contributed by atoms with E-state index in [2.05, 4.69) is 27.8 Å². The number of likely N-dealkylation sites (tertiary alicyclic amines) is 1. The fraction of sp³-hybridized carbons (Fsp3) is 0.433. The van der Waals surface area contributed by atoms with Crippen LogP contribution in [0, 0.1) is 11.8 Å². The Labute approximate surface area is 241 Å². The highest BCUT2D eigenvalue weighted by atomic mass is 19.4. The number of hydrogen-bond acceptors (Lipinski definition) is 5. The molecule has 1 atom stereocenters. The number of nitrogens with zero attached hydrogens (tertiary/aromatic N) is 2. The monoisotopic (exact) mass is 579 g/mol. The molecule has 7 nitrogen and oxygen atoms in total. The van der Waals surface area contributed by atoms with E-state index < -0.39 is 18.9 Å². The average molecular weight is 580 g/mol. The number of benzene rings is 2. The lowest BCUT2D eigenvalue weighted by atomic mass is 10.1. The highest BCUT2D eigenvalue weighted by Crippen LogP contribution is 2.30. The van der Waals surface area contributed by atoms with E-state index >= 15 is 0 Å². The molecule has 11 heteroatoms. The highest BCUT2D eigenvalue weighted by Gasteiger charge is 2.29. The lowest BCUT2D eigenvalue weighted by molar-refractivity contribution is -0.140. The summed E-state index contributed by atoms with van der Waals surface area (Å²) in [5, 5.41) is 9.46. The molecule has 1 aliphatic heterocycles. The third-order valence-electron chi connectivity index (χ3n) is 6.50. The molecule has 0 spiro atoms. The lowest BCUT2D eigenvalue weighted by Gasteiger charge is -2.24. The predicted octanol–water partition coefficient (Wildman–Crippen LogP) is 6.01. The summed E-state index contributed by atoms with van der Waals surface area (Å²) in [6.45, 7) is 3.04. The Kier molecular flexibility index (Phi) is 11.3. The molecule has 2 heterocycles. The van der Waals surface area contributed by atoms with E-state index in [1.54, 1.807) is 49.5 Å². The van der Waals surface area contributed by atoms with E-state index in [9.17, 15) is 22.4 Å². The van der Waals surface area contributed by atoms with Crippen molar-refractivity contribution in [1.29, 1.82) is 0 Å². The molecular formula is C30H41F4N5O2. The molecular weight excluding hydrogens is 538 g/mol. The van der Waals surface area contributed by atoms with Gasteiger partial charge in [0.15, 0.2) is 0 Å². The molecule has 0 aliphatic carbocycles. The van der Waals surface area contributed by atoms with Crippen molar-refractivity contribution in [2.75, 3.05) is 58.0 Å². The summed E-state index contributed by atoms with van der Waals surface area (Å²) >= 11 is 0. The van der Waals surface area contributed by atoms with Crippen molar-refractivity contribution >= 4 is 28.2 Å². The Bertz CT molecular complexity index is 1380. The number of alkyl halides is 4. The molecule has 1 aromatic heterocycles. The van der Waals surface area contributed by atoms with Gasteiger partial charge in [-0.1, -0.05) is 12.0 Å². The number of anilines is 2. The first-order chi connectivity index (χ1) is 19.6. The maximum atomic E-state index is 13.2. The van der Waals surface area contributed by atoms with Crippen LogP contribution in [0.3, 0.4) is 0 Å². The molecule has 226 valence electrons. The van der Waals surface area contributed by atoms with Crippen molar-refractivity contribution < 1.29 is 29.9 Å². The van der Waals surface area contributed by atoms with E-state index in [4.69, 9.17) is 4.74 Å². The van der Waals surface area contributed by atoms with Crippen molar-refractivity contribution in [1.82, 2.24) is 14.8 Å². The number of rotatable bonds is 7. The number of ether oxygens (including phenoxy) is 1. The van der Waals surface area contributed by atoms with E-state index in [0.29, 0.717) is 41.0 Å². The zero-order chi connectivity index (χ0) is 30.0. The van der Waals surface area contributed by atoms with Gasteiger partial charge in [0.25, 0.3) is 5.91 Å². The van der Waals surface area contributed by atoms with Crippen LogP contribution in [0.5, 0.6) is 5.75 Å². The number of fused-ring (bicyclic) bond motifs is 1. The average Bonchev–Trinajstić information content (AvgIpc) is 3.27. The molecule has 41 heavy (non-hydrogen) atoms. The van der Waals surface area contributed by atoms with Gasteiger partial charge in [0, 0.05) is 39.6 Å². The number of piperidine rings is 1. The van der Waals surface area contributed by atoms with E-state index in [1.807, 2.05) is 18.9 Å². The minimum absolute atomic E-state index is 0. The van der Waals surface area contributed by atoms with Crippen LogP contribution in [0.1, 0.15) is 38.7 Å². The van der Waals surface area contributed by atoms with E-state index in [0.717, 1.165) is 25.1 Å². The minimum Gasteiger partial charge on any atom is -0.495 e. The number of aromatic nitrogens is 1. The van der Waals surface area contributed by atoms with Crippen LogP contribution in [0.15, 0.2) is 42.5 Å². The molecule has 1 aliphatic rings. The van der Waals surface area contributed by atoms with Gasteiger partial charge in [-0.05, 0) is 75.7 Å². The third-order valence-corrected chi connectivity index (χ3v) is 6.50. The number of amides is 1. The number of hydrogen-bond donors (Lipinski definition) is 3. The first-order valence-corrected chi connectivity index (χ1v) is 13.4. The molecule has 0 saturated carbocycles. The topological polar surface area (TPSA) is 70.6 Å². The second-order valence-corrected chi connectivity index (χ2v) is 9.65. The summed E-state index contributed by atoms with van der Waals surface area (Å²) in [6.07, 6.45) is -3.15. The molecule has 0 unspecified atom stereocenters. The summed E-state index contributed by atoms with van der Waals surface area (Å²) < 4.78 is 58.5. The van der Waals surface area contributed by atoms with Gasteiger partial charge in [-0.3, -0.25) is 4.79 Å². The number of nitrogens with one attached hydrogen (secondary N) is 3. The number of methoxy groups -OCH3 is 1. The second kappa shape index (κ2) is 14.6. The van der Waals surface area contributed by atoms with Crippen LogP contribution >= 0.6 is 0 Å². The van der Waals surface area contributed by atoms with Gasteiger partial charge >= 0.3 is 6.18 Å². The van der Waals surface area contributed by atoms with Gasteiger partial charge in [-0.25, -0.2) is 4.39 Å². The third kappa shape index (κ3) is 9.05. The maximum absolute atomic E-state index is 13.2. The zero-order valence-corrected chi connectivity index (χ0v) is 23.8. The molecule has 2 aromatic carbocycles. The first kappa shape index (κ1) is 31.6. The molecule has 1 fully saturated rings.